The molecule has 4 aromatic rings. The van der Waals surface area contributed by atoms with Gasteiger partial charge in [0, 0.05) is 31.6 Å². The van der Waals surface area contributed by atoms with Gasteiger partial charge >= 0.3 is 0 Å². The minimum atomic E-state index is -0.259. The van der Waals surface area contributed by atoms with Crippen LogP contribution in [0, 0.1) is 0 Å². The van der Waals surface area contributed by atoms with Crippen molar-refractivity contribution in [2.45, 2.75) is 18.8 Å². The number of hydrogen-bond donors (Lipinski definition) is 0. The average Bonchev–Trinajstić information content (AvgIpc) is 3.01. The highest BCUT2D eigenvalue weighted by Crippen LogP contribution is 2.42. The molecule has 3 aromatic carbocycles. The number of nitrogens with zero attached hydrogens (tertiary/aromatic N) is 4. The van der Waals surface area contributed by atoms with Crippen molar-refractivity contribution in [1.82, 2.24) is 14.9 Å². The quantitative estimate of drug-likeness (QED) is 0.204. The van der Waals surface area contributed by atoms with Crippen molar-refractivity contribution in [2.24, 2.45) is 0 Å². The fourth-order valence-corrected chi connectivity index (χ4v) is 5.47. The summed E-state index contributed by atoms with van der Waals surface area (Å²) in [6.07, 6.45) is 2.45. The molecule has 7 nitrogen and oxygen atoms in total. The first kappa shape index (κ1) is 26.4. The minimum Gasteiger partial charge on any atom is -0.475 e. The van der Waals surface area contributed by atoms with E-state index in [0.29, 0.717) is 19.0 Å². The zero-order valence-electron chi connectivity index (χ0n) is 22.3. The van der Waals surface area contributed by atoms with E-state index in [2.05, 4.69) is 111 Å². The summed E-state index contributed by atoms with van der Waals surface area (Å²) < 4.78 is 10.5. The molecule has 0 amide bonds. The Hall–Kier alpha value is -4.23. The lowest BCUT2D eigenvalue weighted by Gasteiger charge is -2.40. The van der Waals surface area contributed by atoms with Crippen LogP contribution in [0.25, 0.3) is 0 Å². The van der Waals surface area contributed by atoms with Gasteiger partial charge in [0.05, 0.1) is 12.8 Å². The summed E-state index contributed by atoms with van der Waals surface area (Å²) in [5, 5.41) is 0. The van der Waals surface area contributed by atoms with Gasteiger partial charge in [0.1, 0.15) is 0 Å². The number of carbonyl (C=O) groups is 1. The maximum atomic E-state index is 10.8. The fourth-order valence-electron chi connectivity index (χ4n) is 5.47. The van der Waals surface area contributed by atoms with Crippen molar-refractivity contribution < 1.29 is 14.3 Å². The topological polar surface area (TPSA) is 67.8 Å². The zero-order valence-corrected chi connectivity index (χ0v) is 22.3. The van der Waals surface area contributed by atoms with E-state index in [0.717, 1.165) is 39.1 Å². The molecule has 0 atom stereocenters. The molecule has 2 heterocycles. The first-order valence-corrected chi connectivity index (χ1v) is 13.5. The largest absolute Gasteiger partial charge is 0.475 e. The summed E-state index contributed by atoms with van der Waals surface area (Å²) in [7, 11) is 0. The molecular weight excluding hydrogens is 488 g/mol. The number of rotatable bonds is 11. The van der Waals surface area contributed by atoms with Gasteiger partial charge in [0.15, 0.2) is 0 Å². The van der Waals surface area contributed by atoms with Crippen LogP contribution in [0.3, 0.4) is 0 Å². The van der Waals surface area contributed by atoms with Crippen LogP contribution < -0.4 is 14.4 Å². The molecule has 0 bridgehead atoms. The van der Waals surface area contributed by atoms with Crippen molar-refractivity contribution in [1.29, 1.82) is 0 Å². The Bertz CT molecular complexity index is 1230. The van der Waals surface area contributed by atoms with Crippen LogP contribution in [0.4, 0.5) is 5.95 Å². The van der Waals surface area contributed by atoms with Crippen molar-refractivity contribution >= 4 is 12.4 Å². The number of anilines is 1. The average molecular weight is 523 g/mol. The molecule has 1 fully saturated rings. The fraction of sp³-hybridized carbons (Fsp3) is 0.281. The molecule has 5 rings (SSSR count). The molecule has 200 valence electrons. The van der Waals surface area contributed by atoms with Gasteiger partial charge in [-0.25, -0.2) is 4.98 Å². The molecule has 1 saturated heterocycles. The molecule has 0 aliphatic carbocycles. The Balaban J connectivity index is 1.35. The molecule has 0 N–H and O–H groups in total. The lowest BCUT2D eigenvalue weighted by molar-refractivity contribution is -0.120. The van der Waals surface area contributed by atoms with Crippen LogP contribution in [-0.2, 0) is 10.2 Å². The summed E-state index contributed by atoms with van der Waals surface area (Å²) >= 11 is 0. The van der Waals surface area contributed by atoms with Gasteiger partial charge in [-0.15, -0.1) is 0 Å². The van der Waals surface area contributed by atoms with Crippen molar-refractivity contribution in [3.05, 3.63) is 114 Å². The van der Waals surface area contributed by atoms with Gasteiger partial charge < -0.3 is 14.4 Å². The van der Waals surface area contributed by atoms with E-state index in [1.165, 1.54) is 22.9 Å². The maximum Gasteiger partial charge on any atom is 0.298 e. The van der Waals surface area contributed by atoms with Crippen molar-refractivity contribution in [2.75, 3.05) is 44.2 Å². The molecule has 1 aliphatic rings. The van der Waals surface area contributed by atoms with Gasteiger partial charge in [-0.3, -0.25) is 9.69 Å². The second-order valence-corrected chi connectivity index (χ2v) is 9.57. The molecule has 0 unspecified atom stereocenters. The van der Waals surface area contributed by atoms with Gasteiger partial charge in [-0.1, -0.05) is 91.0 Å². The lowest BCUT2D eigenvalue weighted by atomic mass is 9.67. The Labute approximate surface area is 230 Å². The van der Waals surface area contributed by atoms with E-state index >= 15 is 0 Å². The molecular formula is C32H34N4O3. The monoisotopic (exact) mass is 522 g/mol. The predicted octanol–water partition coefficient (Wildman–Crippen LogP) is 4.96. The third-order valence-electron chi connectivity index (χ3n) is 7.42. The summed E-state index contributed by atoms with van der Waals surface area (Å²) in [5.41, 5.74) is 3.65. The molecule has 1 aromatic heterocycles. The number of benzene rings is 3. The van der Waals surface area contributed by atoms with Crippen LogP contribution in [0.15, 0.2) is 97.2 Å². The summed E-state index contributed by atoms with van der Waals surface area (Å²) in [6, 6.07) is 32.6. The number of hydrogen-bond acceptors (Lipinski definition) is 7. The summed E-state index contributed by atoms with van der Waals surface area (Å²) in [5.74, 6) is 1.10. The highest BCUT2D eigenvalue weighted by molar-refractivity contribution is 5.51. The van der Waals surface area contributed by atoms with E-state index in [4.69, 9.17) is 9.47 Å². The van der Waals surface area contributed by atoms with Crippen molar-refractivity contribution in [3.8, 4) is 11.6 Å². The molecule has 39 heavy (non-hydrogen) atoms. The minimum absolute atomic E-state index is 0.230. The van der Waals surface area contributed by atoms with Crippen LogP contribution in [0.2, 0.25) is 0 Å². The summed E-state index contributed by atoms with van der Waals surface area (Å²) in [6.45, 7) is 6.99. The zero-order chi connectivity index (χ0) is 26.9. The number of aromatic nitrogens is 2. The highest BCUT2D eigenvalue weighted by atomic mass is 16.5. The molecule has 7 heteroatoms. The van der Waals surface area contributed by atoms with Crippen LogP contribution in [0.5, 0.6) is 11.6 Å². The third kappa shape index (κ3) is 5.78. The first-order chi connectivity index (χ1) is 19.2. The van der Waals surface area contributed by atoms with Gasteiger partial charge in [-0.2, -0.15) is 4.98 Å². The smallest absolute Gasteiger partial charge is 0.298 e. The molecule has 0 radical (unpaired) electrons. The Morgan fingerprint density at radius 1 is 0.821 bits per heavy atom. The van der Waals surface area contributed by atoms with E-state index < -0.39 is 0 Å². The van der Waals surface area contributed by atoms with Crippen LogP contribution in [0.1, 0.15) is 30.0 Å². The first-order valence-electron chi connectivity index (χ1n) is 13.5. The van der Waals surface area contributed by atoms with Crippen LogP contribution in [-0.4, -0.2) is 60.7 Å². The second kappa shape index (κ2) is 12.5. The standard InChI is InChI=1S/C32H34N4O3/c1-2-38-30-29(39-25-37)24-33-31(34-30)36-22-20-35(21-23-36)19-18-32(26-12-6-3-7-13-26,27-14-8-4-9-15-27)28-16-10-5-11-17-28/h3-17,24-25H,2,18-23H2,1H3. The lowest BCUT2D eigenvalue weighted by Crippen LogP contribution is -2.48. The van der Waals surface area contributed by atoms with E-state index in [-0.39, 0.29) is 17.0 Å². The normalized spacial score (nSPS) is 14.1. The Kier molecular flexibility index (Phi) is 8.48. The predicted molar refractivity (Wildman–Crippen MR) is 152 cm³/mol. The van der Waals surface area contributed by atoms with E-state index in [9.17, 15) is 4.79 Å². The number of piperazine rings is 1. The highest BCUT2D eigenvalue weighted by Gasteiger charge is 2.36. The molecule has 0 spiro atoms. The Morgan fingerprint density at radius 3 is 1.85 bits per heavy atom. The number of carbonyl (C=O) groups excluding carboxylic acids is 1. The SMILES string of the molecule is CCOc1nc(N2CCN(CCC(c3ccccc3)(c3ccccc3)c3ccccc3)CC2)ncc1OC=O. The second-order valence-electron chi connectivity index (χ2n) is 9.57. The van der Waals surface area contributed by atoms with Gasteiger partial charge in [0.25, 0.3) is 12.4 Å². The summed E-state index contributed by atoms with van der Waals surface area (Å²) in [4.78, 5) is 24.4. The molecule has 0 saturated carbocycles. The van der Waals surface area contributed by atoms with E-state index in [1.54, 1.807) is 0 Å². The van der Waals surface area contributed by atoms with E-state index in [1.807, 2.05) is 6.92 Å². The number of ether oxygens (including phenoxy) is 2. The molecule has 1 aliphatic heterocycles. The Morgan fingerprint density at radius 2 is 1.36 bits per heavy atom. The van der Waals surface area contributed by atoms with Gasteiger partial charge in [-0.05, 0) is 36.6 Å². The van der Waals surface area contributed by atoms with Gasteiger partial charge in [0.2, 0.25) is 11.7 Å². The van der Waals surface area contributed by atoms with Crippen LogP contribution >= 0.6 is 0 Å². The van der Waals surface area contributed by atoms with Crippen molar-refractivity contribution in [3.63, 3.8) is 0 Å². The maximum absolute atomic E-state index is 10.8. The third-order valence-corrected chi connectivity index (χ3v) is 7.42.